The summed E-state index contributed by atoms with van der Waals surface area (Å²) in [5, 5.41) is 34.9. The summed E-state index contributed by atoms with van der Waals surface area (Å²) in [6.45, 7) is 12.3. The van der Waals surface area contributed by atoms with E-state index in [2.05, 4.69) is 0 Å². The largest absolute Gasteiger partial charge is 0.461 e. The fourth-order valence-electron chi connectivity index (χ4n) is 6.59. The molecule has 0 saturated heterocycles. The molecule has 3 unspecified atom stereocenters. The molecule has 7 atom stereocenters. The molecule has 8 heteroatoms. The highest BCUT2D eigenvalue weighted by molar-refractivity contribution is 5.95. The van der Waals surface area contributed by atoms with Gasteiger partial charge < -0.3 is 24.8 Å². The Kier molecular flexibility index (Phi) is 7.68. The van der Waals surface area contributed by atoms with E-state index in [0.717, 1.165) is 0 Å². The van der Waals surface area contributed by atoms with E-state index in [1.54, 1.807) is 26.0 Å². The molecule has 0 amide bonds. The molecule has 0 radical (unpaired) electrons. The van der Waals surface area contributed by atoms with Gasteiger partial charge in [-0.3, -0.25) is 14.4 Å². The Morgan fingerprint density at radius 1 is 1.06 bits per heavy atom. The monoisotopic (exact) mass is 506 g/mol. The van der Waals surface area contributed by atoms with Crippen LogP contribution in [0.3, 0.4) is 0 Å². The fraction of sp³-hybridized carbons (Fsp3) is 0.750. The summed E-state index contributed by atoms with van der Waals surface area (Å²) < 4.78 is 11.5. The third kappa shape index (κ3) is 3.96. The summed E-state index contributed by atoms with van der Waals surface area (Å²) in [6, 6.07) is 0. The number of aliphatic hydroxyl groups is 3. The maximum Gasteiger partial charge on any atom is 0.306 e. The molecule has 1 fully saturated rings. The van der Waals surface area contributed by atoms with E-state index < -0.39 is 52.0 Å². The van der Waals surface area contributed by atoms with E-state index >= 15 is 0 Å². The van der Waals surface area contributed by atoms with Crippen molar-refractivity contribution in [1.29, 1.82) is 0 Å². The van der Waals surface area contributed by atoms with Crippen LogP contribution in [0.25, 0.3) is 0 Å². The van der Waals surface area contributed by atoms with E-state index in [0.29, 0.717) is 18.4 Å². The van der Waals surface area contributed by atoms with Crippen molar-refractivity contribution >= 4 is 17.7 Å². The lowest BCUT2D eigenvalue weighted by Gasteiger charge is -2.48. The molecule has 0 aromatic carbocycles. The van der Waals surface area contributed by atoms with Gasteiger partial charge in [0.25, 0.3) is 0 Å². The van der Waals surface area contributed by atoms with Gasteiger partial charge in [0, 0.05) is 24.2 Å². The minimum absolute atomic E-state index is 0.147. The summed E-state index contributed by atoms with van der Waals surface area (Å²) in [5.41, 5.74) is -5.44. The SMILES string of the molecule is CCCC(=O)OCC1=CC2C(=O)C3(C=C(C)[C@H](O)C3(O)[C@@H]1O)[C@H](C)C[C@@](C)(OC(=O)CCC)C2(C)C. The van der Waals surface area contributed by atoms with Crippen LogP contribution in [0.2, 0.25) is 0 Å². The molecule has 0 aromatic heterocycles. The van der Waals surface area contributed by atoms with Gasteiger partial charge in [0.05, 0.1) is 5.41 Å². The number of hydrogen-bond acceptors (Lipinski definition) is 8. The van der Waals surface area contributed by atoms with Gasteiger partial charge >= 0.3 is 11.9 Å². The molecule has 0 aliphatic heterocycles. The molecule has 3 rings (SSSR count). The van der Waals surface area contributed by atoms with Crippen LogP contribution in [0.15, 0.2) is 23.3 Å². The Morgan fingerprint density at radius 3 is 2.22 bits per heavy atom. The predicted octanol–water partition coefficient (Wildman–Crippen LogP) is 3.02. The number of carbonyl (C=O) groups is 3. The molecule has 0 heterocycles. The topological polar surface area (TPSA) is 130 Å². The summed E-state index contributed by atoms with van der Waals surface area (Å²) in [7, 11) is 0. The lowest BCUT2D eigenvalue weighted by Crippen LogP contribution is -2.65. The number of esters is 2. The lowest BCUT2D eigenvalue weighted by atomic mass is 9.59. The number of fused-ring (bicyclic) bond motifs is 1. The van der Waals surface area contributed by atoms with Crippen molar-refractivity contribution in [3.8, 4) is 0 Å². The zero-order valence-electron chi connectivity index (χ0n) is 22.6. The Balaban J connectivity index is 2.24. The second-order valence-corrected chi connectivity index (χ2v) is 11.7. The van der Waals surface area contributed by atoms with Crippen LogP contribution in [-0.2, 0) is 23.9 Å². The van der Waals surface area contributed by atoms with Crippen molar-refractivity contribution in [2.75, 3.05) is 6.61 Å². The standard InChI is InChI=1S/C28H42O8/c1-8-10-20(29)35-15-18-12-19-24(33)27(13-16(3)22(31)28(27,34)23(18)32)17(4)14-26(7,25(19,5)6)36-21(30)11-9-2/h12-13,17,19,22-23,31-32,34H,8-11,14-15H2,1-7H3/t17-,19?,22+,23-,26-,27?,28?/m1/s1. The van der Waals surface area contributed by atoms with Crippen LogP contribution in [0.1, 0.15) is 80.6 Å². The number of allylic oxidation sites excluding steroid dienone is 1. The third-order valence-corrected chi connectivity index (χ3v) is 9.07. The van der Waals surface area contributed by atoms with E-state index in [9.17, 15) is 29.7 Å². The normalized spacial score (nSPS) is 39.3. The molecule has 3 N–H and O–H groups in total. The molecule has 8 nitrogen and oxygen atoms in total. The Bertz CT molecular complexity index is 980. The van der Waals surface area contributed by atoms with Crippen LogP contribution in [0, 0.1) is 22.7 Å². The van der Waals surface area contributed by atoms with Crippen molar-refractivity contribution in [1.82, 2.24) is 0 Å². The van der Waals surface area contributed by atoms with Crippen LogP contribution in [0.5, 0.6) is 0 Å². The predicted molar refractivity (Wildman–Crippen MR) is 133 cm³/mol. The summed E-state index contributed by atoms with van der Waals surface area (Å²) in [5.74, 6) is -2.70. The van der Waals surface area contributed by atoms with Crippen LogP contribution in [-0.4, -0.2) is 63.1 Å². The Hall–Kier alpha value is -2.03. The molecular formula is C28H42O8. The number of aliphatic hydroxyl groups excluding tert-OH is 2. The minimum atomic E-state index is -2.28. The average molecular weight is 507 g/mol. The minimum Gasteiger partial charge on any atom is -0.461 e. The number of ether oxygens (including phenoxy) is 2. The second kappa shape index (κ2) is 9.69. The summed E-state index contributed by atoms with van der Waals surface area (Å²) in [4.78, 5) is 39.3. The fourth-order valence-corrected chi connectivity index (χ4v) is 6.59. The van der Waals surface area contributed by atoms with Gasteiger partial charge in [-0.05, 0) is 50.2 Å². The first-order valence-corrected chi connectivity index (χ1v) is 13.0. The number of hydrogen-bond donors (Lipinski definition) is 3. The third-order valence-electron chi connectivity index (χ3n) is 9.07. The first kappa shape index (κ1) is 28.5. The molecule has 3 aliphatic carbocycles. The maximum atomic E-state index is 14.5. The number of carbonyl (C=O) groups excluding carboxylic acids is 3. The summed E-state index contributed by atoms with van der Waals surface area (Å²) >= 11 is 0. The molecular weight excluding hydrogens is 464 g/mol. The number of ketones is 1. The maximum absolute atomic E-state index is 14.5. The van der Waals surface area contributed by atoms with Gasteiger partial charge in [0.15, 0.2) is 5.78 Å². The highest BCUT2D eigenvalue weighted by Gasteiger charge is 2.73. The number of Topliss-reactive ketones (excluding diaryl/α,β-unsaturated/α-hetero) is 1. The van der Waals surface area contributed by atoms with Gasteiger partial charge in [-0.15, -0.1) is 0 Å². The van der Waals surface area contributed by atoms with Crippen molar-refractivity contribution < 1.29 is 39.2 Å². The van der Waals surface area contributed by atoms with Gasteiger partial charge in [-0.1, -0.05) is 46.8 Å². The molecule has 1 saturated carbocycles. The van der Waals surface area contributed by atoms with Crippen molar-refractivity contribution in [2.24, 2.45) is 22.7 Å². The molecule has 3 aliphatic rings. The van der Waals surface area contributed by atoms with Crippen molar-refractivity contribution in [3.05, 3.63) is 23.3 Å². The molecule has 2 bridgehead atoms. The average Bonchev–Trinajstić information content (AvgIpc) is 2.94. The Morgan fingerprint density at radius 2 is 1.64 bits per heavy atom. The van der Waals surface area contributed by atoms with Gasteiger partial charge in [-0.2, -0.15) is 0 Å². The molecule has 36 heavy (non-hydrogen) atoms. The van der Waals surface area contributed by atoms with Crippen LogP contribution in [0.4, 0.5) is 0 Å². The van der Waals surface area contributed by atoms with Gasteiger partial charge in [-0.25, -0.2) is 0 Å². The van der Waals surface area contributed by atoms with E-state index in [-0.39, 0.29) is 43.2 Å². The molecule has 202 valence electrons. The first-order chi connectivity index (χ1) is 16.6. The quantitative estimate of drug-likeness (QED) is 0.355. The smallest absolute Gasteiger partial charge is 0.306 e. The highest BCUT2D eigenvalue weighted by atomic mass is 16.6. The first-order valence-electron chi connectivity index (χ1n) is 13.0. The molecule has 1 spiro atoms. The van der Waals surface area contributed by atoms with E-state index in [4.69, 9.17) is 9.47 Å². The van der Waals surface area contributed by atoms with Crippen molar-refractivity contribution in [2.45, 2.75) is 104 Å². The van der Waals surface area contributed by atoms with Crippen LogP contribution >= 0.6 is 0 Å². The zero-order chi connectivity index (χ0) is 27.3. The summed E-state index contributed by atoms with van der Waals surface area (Å²) in [6.07, 6.45) is 1.85. The number of rotatable bonds is 7. The lowest BCUT2D eigenvalue weighted by molar-refractivity contribution is -0.192. The highest BCUT2D eigenvalue weighted by Crippen LogP contribution is 2.63. The van der Waals surface area contributed by atoms with E-state index in [1.807, 2.05) is 34.6 Å². The second-order valence-electron chi connectivity index (χ2n) is 11.7. The van der Waals surface area contributed by atoms with Crippen molar-refractivity contribution in [3.63, 3.8) is 0 Å². The van der Waals surface area contributed by atoms with Gasteiger partial charge in [0.2, 0.25) is 0 Å². The van der Waals surface area contributed by atoms with Gasteiger partial charge in [0.1, 0.15) is 30.0 Å². The van der Waals surface area contributed by atoms with E-state index in [1.165, 1.54) is 0 Å². The van der Waals surface area contributed by atoms with Crippen LogP contribution < -0.4 is 0 Å². The molecule has 0 aromatic rings. The Labute approximate surface area is 213 Å². The zero-order valence-corrected chi connectivity index (χ0v) is 22.6.